The second-order valence-electron chi connectivity index (χ2n) is 10.1. The van der Waals surface area contributed by atoms with Gasteiger partial charge in [-0.3, -0.25) is 19.3 Å². The van der Waals surface area contributed by atoms with Gasteiger partial charge in [0.25, 0.3) is 5.91 Å². The van der Waals surface area contributed by atoms with Crippen LogP contribution in [0.25, 0.3) is 0 Å². The highest BCUT2D eigenvalue weighted by Crippen LogP contribution is 2.45. The van der Waals surface area contributed by atoms with Crippen molar-refractivity contribution in [3.63, 3.8) is 0 Å². The Bertz CT molecular complexity index is 1380. The van der Waals surface area contributed by atoms with Gasteiger partial charge >= 0.3 is 5.97 Å². The van der Waals surface area contributed by atoms with Crippen LogP contribution >= 0.6 is 0 Å². The Morgan fingerprint density at radius 1 is 0.868 bits per heavy atom. The first-order valence-corrected chi connectivity index (χ1v) is 12.9. The van der Waals surface area contributed by atoms with Gasteiger partial charge in [-0.25, -0.2) is 4.79 Å². The van der Waals surface area contributed by atoms with Crippen molar-refractivity contribution in [3.05, 3.63) is 95.1 Å². The van der Waals surface area contributed by atoms with Gasteiger partial charge in [-0.05, 0) is 73.9 Å². The number of esters is 1. The van der Waals surface area contributed by atoms with Gasteiger partial charge in [0.05, 0.1) is 23.1 Å². The Kier molecular flexibility index (Phi) is 7.09. The molecule has 0 aromatic heterocycles. The molecule has 7 nitrogen and oxygen atoms in total. The number of nitrogens with one attached hydrogen (secondary N) is 1. The van der Waals surface area contributed by atoms with E-state index < -0.39 is 18.5 Å². The summed E-state index contributed by atoms with van der Waals surface area (Å²) in [6.07, 6.45) is 2.14. The summed E-state index contributed by atoms with van der Waals surface area (Å²) in [5, 5.41) is 2.78. The Morgan fingerprint density at radius 2 is 1.55 bits per heavy atom. The van der Waals surface area contributed by atoms with E-state index in [1.54, 1.807) is 18.2 Å². The first kappa shape index (κ1) is 25.4. The second-order valence-corrected chi connectivity index (χ2v) is 10.1. The van der Waals surface area contributed by atoms with Crippen molar-refractivity contribution in [1.82, 2.24) is 0 Å². The summed E-state index contributed by atoms with van der Waals surface area (Å²) in [7, 11) is 0. The molecule has 1 aliphatic carbocycles. The van der Waals surface area contributed by atoms with Gasteiger partial charge in [-0.2, -0.15) is 0 Å². The number of hydrogen-bond acceptors (Lipinski definition) is 5. The summed E-state index contributed by atoms with van der Waals surface area (Å²) in [5.41, 5.74) is 4.22. The third kappa shape index (κ3) is 4.96. The van der Waals surface area contributed by atoms with E-state index in [1.165, 1.54) is 16.5 Å². The van der Waals surface area contributed by atoms with Crippen molar-refractivity contribution >= 4 is 35.1 Å². The van der Waals surface area contributed by atoms with Crippen molar-refractivity contribution in [2.45, 2.75) is 39.0 Å². The molecule has 1 saturated carbocycles. The maximum atomic E-state index is 13.4. The van der Waals surface area contributed by atoms with Gasteiger partial charge in [0.15, 0.2) is 6.61 Å². The van der Waals surface area contributed by atoms with Crippen LogP contribution in [0.5, 0.6) is 0 Å². The lowest BCUT2D eigenvalue weighted by molar-refractivity contribution is -0.122. The molecule has 3 amide bonds. The van der Waals surface area contributed by atoms with Crippen molar-refractivity contribution in [1.29, 1.82) is 0 Å². The third-order valence-corrected chi connectivity index (χ3v) is 7.62. The van der Waals surface area contributed by atoms with Crippen LogP contribution < -0.4 is 10.2 Å². The van der Waals surface area contributed by atoms with E-state index in [0.29, 0.717) is 24.2 Å². The zero-order valence-corrected chi connectivity index (χ0v) is 21.5. The molecule has 0 bridgehead atoms. The summed E-state index contributed by atoms with van der Waals surface area (Å²) in [6, 6.07) is 22.1. The van der Waals surface area contributed by atoms with Crippen LogP contribution in [0, 0.1) is 25.7 Å². The van der Waals surface area contributed by atoms with Crippen molar-refractivity contribution in [2.24, 2.45) is 11.8 Å². The van der Waals surface area contributed by atoms with Crippen LogP contribution in [-0.2, 0) is 19.1 Å². The van der Waals surface area contributed by atoms with E-state index >= 15 is 0 Å². The fraction of sp³-hybridized carbons (Fsp3) is 0.290. The van der Waals surface area contributed by atoms with Crippen LogP contribution in [0.15, 0.2) is 72.8 Å². The zero-order chi connectivity index (χ0) is 26.8. The monoisotopic (exact) mass is 510 g/mol. The standard InChI is InChI=1S/C31H30N2O5/c1-19-8-6-9-20(2)28(19)32-27(34)18-38-31(37)23-12-7-13-24(16-23)33-29(35)25-15-14-22(17-26(25)30(33)36)21-10-4-3-5-11-21/h3-13,16,22,25-26H,14-15,17-18H2,1-2H3,(H,32,34)/t22-,25+,26-/m0/s1. The highest BCUT2D eigenvalue weighted by atomic mass is 16.5. The fourth-order valence-electron chi connectivity index (χ4n) is 5.64. The quantitative estimate of drug-likeness (QED) is 0.365. The maximum Gasteiger partial charge on any atom is 0.338 e. The lowest BCUT2D eigenvalue weighted by Crippen LogP contribution is -2.31. The summed E-state index contributed by atoms with van der Waals surface area (Å²) < 4.78 is 5.23. The molecule has 1 aliphatic heterocycles. The lowest BCUT2D eigenvalue weighted by Gasteiger charge is -2.28. The van der Waals surface area contributed by atoms with Crippen LogP contribution in [0.3, 0.4) is 0 Å². The normalized spacial score (nSPS) is 20.7. The average molecular weight is 511 g/mol. The third-order valence-electron chi connectivity index (χ3n) is 7.62. The summed E-state index contributed by atoms with van der Waals surface area (Å²) in [4.78, 5) is 53.0. The number of carbonyl (C=O) groups excluding carboxylic acids is 4. The summed E-state index contributed by atoms with van der Waals surface area (Å²) in [6.45, 7) is 3.32. The Balaban J connectivity index is 1.25. The number of fused-ring (bicyclic) bond motifs is 1. The van der Waals surface area contributed by atoms with Crippen molar-refractivity contribution < 1.29 is 23.9 Å². The number of amides is 3. The predicted octanol–water partition coefficient (Wildman–Crippen LogP) is 5.17. The Labute approximate surface area is 221 Å². The van der Waals surface area contributed by atoms with E-state index in [-0.39, 0.29) is 35.1 Å². The number of anilines is 2. The first-order valence-electron chi connectivity index (χ1n) is 12.9. The van der Waals surface area contributed by atoms with Gasteiger partial charge in [0.1, 0.15) is 0 Å². The topological polar surface area (TPSA) is 92.8 Å². The van der Waals surface area contributed by atoms with Crippen molar-refractivity contribution in [3.8, 4) is 0 Å². The molecule has 0 spiro atoms. The Morgan fingerprint density at radius 3 is 2.29 bits per heavy atom. The Hall–Kier alpha value is -4.26. The number of imide groups is 1. The summed E-state index contributed by atoms with van der Waals surface area (Å²) in [5.74, 6) is -2.07. The van der Waals surface area contributed by atoms with E-state index in [9.17, 15) is 19.2 Å². The molecular weight excluding hydrogens is 480 g/mol. The SMILES string of the molecule is Cc1cccc(C)c1NC(=O)COC(=O)c1cccc(N2C(=O)[C@H]3C[C@@H](c4ccccc4)CC[C@H]3C2=O)c1. The van der Waals surface area contributed by atoms with Crippen LogP contribution in [0.2, 0.25) is 0 Å². The van der Waals surface area contributed by atoms with Gasteiger partial charge in [0, 0.05) is 5.69 Å². The number of rotatable bonds is 6. The van der Waals surface area contributed by atoms with Crippen LogP contribution in [0.4, 0.5) is 11.4 Å². The number of para-hydroxylation sites is 1. The number of benzene rings is 3. The molecule has 1 saturated heterocycles. The molecule has 3 aromatic rings. The van der Waals surface area contributed by atoms with E-state index in [4.69, 9.17) is 4.74 Å². The number of carbonyl (C=O) groups is 4. The molecule has 194 valence electrons. The van der Waals surface area contributed by atoms with Gasteiger partial charge in [-0.1, -0.05) is 54.6 Å². The predicted molar refractivity (Wildman–Crippen MR) is 144 cm³/mol. The highest BCUT2D eigenvalue weighted by Gasteiger charge is 2.50. The van der Waals surface area contributed by atoms with Gasteiger partial charge in [0.2, 0.25) is 11.8 Å². The molecular formula is C31H30N2O5. The largest absolute Gasteiger partial charge is 0.452 e. The zero-order valence-electron chi connectivity index (χ0n) is 21.5. The number of aryl methyl sites for hydroxylation is 2. The molecule has 0 radical (unpaired) electrons. The molecule has 2 aliphatic rings. The van der Waals surface area contributed by atoms with Gasteiger partial charge in [-0.15, -0.1) is 0 Å². The minimum atomic E-state index is -0.704. The average Bonchev–Trinajstić information content (AvgIpc) is 3.19. The lowest BCUT2D eigenvalue weighted by atomic mass is 9.73. The highest BCUT2D eigenvalue weighted by molar-refractivity contribution is 6.22. The molecule has 0 unspecified atom stereocenters. The maximum absolute atomic E-state index is 13.4. The molecule has 2 fully saturated rings. The smallest absolute Gasteiger partial charge is 0.338 e. The van der Waals surface area contributed by atoms with Gasteiger partial charge < -0.3 is 10.1 Å². The second kappa shape index (κ2) is 10.6. The first-order chi connectivity index (χ1) is 18.3. The van der Waals surface area contributed by atoms with E-state index in [1.807, 2.05) is 50.2 Å². The molecule has 38 heavy (non-hydrogen) atoms. The number of ether oxygens (including phenoxy) is 1. The van der Waals surface area contributed by atoms with Crippen molar-refractivity contribution in [2.75, 3.05) is 16.8 Å². The molecule has 3 atom stereocenters. The number of hydrogen-bond donors (Lipinski definition) is 1. The molecule has 1 heterocycles. The molecule has 7 heteroatoms. The van der Waals surface area contributed by atoms with E-state index in [2.05, 4.69) is 17.4 Å². The molecule has 1 N–H and O–H groups in total. The molecule has 5 rings (SSSR count). The minimum absolute atomic E-state index is 0.167. The fourth-order valence-corrected chi connectivity index (χ4v) is 5.64. The van der Waals surface area contributed by atoms with E-state index in [0.717, 1.165) is 17.5 Å². The minimum Gasteiger partial charge on any atom is -0.452 e. The summed E-state index contributed by atoms with van der Waals surface area (Å²) >= 11 is 0. The molecule has 3 aromatic carbocycles. The van der Waals surface area contributed by atoms with Crippen LogP contribution in [-0.4, -0.2) is 30.3 Å². The van der Waals surface area contributed by atoms with Crippen LogP contribution in [0.1, 0.15) is 52.2 Å². The number of nitrogens with zero attached hydrogens (tertiary/aromatic N) is 1.